The molecule has 0 aromatic heterocycles. The lowest BCUT2D eigenvalue weighted by molar-refractivity contribution is 0.598. The number of nitrogens with two attached hydrogens (primary N) is 2. The topological polar surface area (TPSA) is 86.2 Å². The van der Waals surface area contributed by atoms with E-state index in [9.17, 15) is 8.42 Å². The van der Waals surface area contributed by atoms with E-state index in [0.29, 0.717) is 5.69 Å². The van der Waals surface area contributed by atoms with Gasteiger partial charge in [0.1, 0.15) is 0 Å². The van der Waals surface area contributed by atoms with E-state index in [0.717, 1.165) is 11.1 Å². The molecule has 4 nitrogen and oxygen atoms in total. The third kappa shape index (κ3) is 2.46. The first kappa shape index (κ1) is 11.6. The second kappa shape index (κ2) is 4.20. The van der Waals surface area contributed by atoms with E-state index in [1.165, 1.54) is 12.1 Å². The van der Waals surface area contributed by atoms with Crippen LogP contribution >= 0.6 is 0 Å². The number of hydrogen-bond donors (Lipinski definition) is 2. The summed E-state index contributed by atoms with van der Waals surface area (Å²) in [5.41, 5.74) is 7.95. The highest BCUT2D eigenvalue weighted by Crippen LogP contribution is 2.27. The normalized spacial score (nSPS) is 11.4. The highest BCUT2D eigenvalue weighted by atomic mass is 32.2. The van der Waals surface area contributed by atoms with Crippen molar-refractivity contribution in [1.29, 1.82) is 0 Å². The molecule has 88 valence electrons. The Balaban J connectivity index is 2.54. The minimum atomic E-state index is -3.70. The minimum Gasteiger partial charge on any atom is -0.398 e. The Hall–Kier alpha value is -1.85. The Morgan fingerprint density at radius 1 is 0.941 bits per heavy atom. The molecule has 17 heavy (non-hydrogen) atoms. The van der Waals surface area contributed by atoms with Crippen LogP contribution in [0.5, 0.6) is 0 Å². The first-order valence-corrected chi connectivity index (χ1v) is 6.51. The van der Waals surface area contributed by atoms with E-state index in [2.05, 4.69) is 0 Å². The van der Waals surface area contributed by atoms with Gasteiger partial charge in [0, 0.05) is 11.3 Å². The Kier molecular flexibility index (Phi) is 2.87. The van der Waals surface area contributed by atoms with Gasteiger partial charge in [0.25, 0.3) is 0 Å². The van der Waals surface area contributed by atoms with Crippen LogP contribution in [0.2, 0.25) is 0 Å². The Morgan fingerprint density at radius 3 is 2.12 bits per heavy atom. The first-order chi connectivity index (χ1) is 7.98. The SMILES string of the molecule is Nc1cc(S(N)(=O)=O)ccc1-c1ccccc1. The maximum absolute atomic E-state index is 11.2. The molecule has 0 heterocycles. The van der Waals surface area contributed by atoms with Crippen LogP contribution in [0.15, 0.2) is 53.4 Å². The molecule has 4 N–H and O–H groups in total. The highest BCUT2D eigenvalue weighted by molar-refractivity contribution is 7.89. The van der Waals surface area contributed by atoms with Gasteiger partial charge in [-0.15, -0.1) is 0 Å². The number of nitrogen functional groups attached to an aromatic ring is 1. The monoisotopic (exact) mass is 248 g/mol. The summed E-state index contributed by atoms with van der Waals surface area (Å²) < 4.78 is 22.3. The molecule has 0 amide bonds. The predicted molar refractivity (Wildman–Crippen MR) is 67.7 cm³/mol. The second-order valence-electron chi connectivity index (χ2n) is 3.66. The molecular weight excluding hydrogens is 236 g/mol. The van der Waals surface area contributed by atoms with Gasteiger partial charge < -0.3 is 5.73 Å². The van der Waals surface area contributed by atoms with Gasteiger partial charge in [-0.3, -0.25) is 0 Å². The third-order valence-corrected chi connectivity index (χ3v) is 3.35. The van der Waals surface area contributed by atoms with Gasteiger partial charge in [-0.2, -0.15) is 0 Å². The maximum atomic E-state index is 11.2. The molecule has 0 fully saturated rings. The van der Waals surface area contributed by atoms with Crippen LogP contribution in [0, 0.1) is 0 Å². The molecule has 2 aromatic carbocycles. The first-order valence-electron chi connectivity index (χ1n) is 4.96. The van der Waals surface area contributed by atoms with E-state index in [1.54, 1.807) is 6.07 Å². The lowest BCUT2D eigenvalue weighted by Crippen LogP contribution is -2.12. The fourth-order valence-electron chi connectivity index (χ4n) is 1.60. The summed E-state index contributed by atoms with van der Waals surface area (Å²) in [4.78, 5) is 0.0229. The van der Waals surface area contributed by atoms with Crippen molar-refractivity contribution in [2.24, 2.45) is 5.14 Å². The second-order valence-corrected chi connectivity index (χ2v) is 5.22. The van der Waals surface area contributed by atoms with Gasteiger partial charge >= 0.3 is 0 Å². The van der Waals surface area contributed by atoms with Gasteiger partial charge in [0.15, 0.2) is 0 Å². The average molecular weight is 248 g/mol. The van der Waals surface area contributed by atoms with Gasteiger partial charge in [0.05, 0.1) is 4.90 Å². The molecule has 0 atom stereocenters. The smallest absolute Gasteiger partial charge is 0.238 e. The molecule has 2 rings (SSSR count). The van der Waals surface area contributed by atoms with Crippen molar-refractivity contribution in [2.45, 2.75) is 4.90 Å². The zero-order valence-corrected chi connectivity index (χ0v) is 9.81. The number of primary sulfonamides is 1. The summed E-state index contributed by atoms with van der Waals surface area (Å²) in [6, 6.07) is 14.0. The molecule has 0 radical (unpaired) electrons. The van der Waals surface area contributed by atoms with E-state index >= 15 is 0 Å². The molecule has 0 spiro atoms. The molecule has 0 aliphatic rings. The fraction of sp³-hybridized carbons (Fsp3) is 0. The fourth-order valence-corrected chi connectivity index (χ4v) is 2.15. The molecule has 0 saturated heterocycles. The number of hydrogen-bond acceptors (Lipinski definition) is 3. The molecule has 2 aromatic rings. The Bertz CT molecular complexity index is 637. The quantitative estimate of drug-likeness (QED) is 0.791. The summed E-state index contributed by atoms with van der Waals surface area (Å²) in [5.74, 6) is 0. The number of benzene rings is 2. The summed E-state index contributed by atoms with van der Waals surface area (Å²) in [6.07, 6.45) is 0. The molecule has 0 unspecified atom stereocenters. The van der Waals surface area contributed by atoms with E-state index in [4.69, 9.17) is 10.9 Å². The van der Waals surface area contributed by atoms with Crippen LogP contribution in [-0.2, 0) is 10.0 Å². The number of sulfonamides is 1. The van der Waals surface area contributed by atoms with E-state index < -0.39 is 10.0 Å². The molecule has 0 bridgehead atoms. The Labute approximate surface area is 99.9 Å². The average Bonchev–Trinajstić information content (AvgIpc) is 2.29. The van der Waals surface area contributed by atoms with Crippen molar-refractivity contribution >= 4 is 15.7 Å². The van der Waals surface area contributed by atoms with Gasteiger partial charge in [-0.1, -0.05) is 36.4 Å². The highest BCUT2D eigenvalue weighted by Gasteiger charge is 2.10. The molecule has 0 aliphatic carbocycles. The van der Waals surface area contributed by atoms with Crippen LogP contribution in [0.1, 0.15) is 0 Å². The third-order valence-electron chi connectivity index (χ3n) is 2.44. The maximum Gasteiger partial charge on any atom is 0.238 e. The standard InChI is InChI=1S/C12H12N2O2S/c13-12-8-10(17(14,15)16)6-7-11(12)9-4-2-1-3-5-9/h1-8H,13H2,(H2,14,15,16). The van der Waals surface area contributed by atoms with Crippen molar-refractivity contribution in [3.63, 3.8) is 0 Å². The van der Waals surface area contributed by atoms with E-state index in [1.807, 2.05) is 30.3 Å². The zero-order chi connectivity index (χ0) is 12.5. The van der Waals surface area contributed by atoms with Crippen LogP contribution in [0.3, 0.4) is 0 Å². The number of anilines is 1. The van der Waals surface area contributed by atoms with Gasteiger partial charge in [-0.25, -0.2) is 13.6 Å². The largest absolute Gasteiger partial charge is 0.398 e. The van der Waals surface area contributed by atoms with E-state index in [-0.39, 0.29) is 4.90 Å². The Morgan fingerprint density at radius 2 is 1.59 bits per heavy atom. The predicted octanol–water partition coefficient (Wildman–Crippen LogP) is 1.58. The number of rotatable bonds is 2. The molecule has 0 aliphatic heterocycles. The summed E-state index contributed by atoms with van der Waals surface area (Å²) in [5, 5.41) is 5.03. The zero-order valence-electron chi connectivity index (χ0n) is 9.00. The van der Waals surface area contributed by atoms with Crippen molar-refractivity contribution in [2.75, 3.05) is 5.73 Å². The van der Waals surface area contributed by atoms with Crippen LogP contribution < -0.4 is 10.9 Å². The van der Waals surface area contributed by atoms with Crippen molar-refractivity contribution in [3.8, 4) is 11.1 Å². The van der Waals surface area contributed by atoms with Crippen LogP contribution in [0.4, 0.5) is 5.69 Å². The van der Waals surface area contributed by atoms with Gasteiger partial charge in [0.2, 0.25) is 10.0 Å². The summed E-state index contributed by atoms with van der Waals surface area (Å²) in [7, 11) is -3.70. The van der Waals surface area contributed by atoms with Crippen molar-refractivity contribution in [1.82, 2.24) is 0 Å². The molecule has 0 saturated carbocycles. The van der Waals surface area contributed by atoms with Crippen LogP contribution in [-0.4, -0.2) is 8.42 Å². The molecule has 5 heteroatoms. The summed E-state index contributed by atoms with van der Waals surface area (Å²) >= 11 is 0. The lowest BCUT2D eigenvalue weighted by Gasteiger charge is -2.07. The van der Waals surface area contributed by atoms with Crippen molar-refractivity contribution < 1.29 is 8.42 Å². The van der Waals surface area contributed by atoms with Gasteiger partial charge in [-0.05, 0) is 17.7 Å². The summed E-state index contributed by atoms with van der Waals surface area (Å²) in [6.45, 7) is 0. The lowest BCUT2D eigenvalue weighted by atomic mass is 10.0. The van der Waals surface area contributed by atoms with Crippen LogP contribution in [0.25, 0.3) is 11.1 Å². The minimum absolute atomic E-state index is 0.0229. The van der Waals surface area contributed by atoms with Crippen molar-refractivity contribution in [3.05, 3.63) is 48.5 Å². The molecular formula is C12H12N2O2S.